The molecule has 0 aliphatic carbocycles. The number of hydrogen-bond acceptors (Lipinski definition) is 6. The van der Waals surface area contributed by atoms with Gasteiger partial charge in [0, 0.05) is 26.2 Å². The minimum absolute atomic E-state index is 0.278. The van der Waals surface area contributed by atoms with Crippen molar-refractivity contribution in [1.82, 2.24) is 14.9 Å². The van der Waals surface area contributed by atoms with Gasteiger partial charge in [0.2, 0.25) is 5.95 Å². The van der Waals surface area contributed by atoms with Gasteiger partial charge in [0.15, 0.2) is 0 Å². The summed E-state index contributed by atoms with van der Waals surface area (Å²) in [7, 11) is 2.12. The lowest BCUT2D eigenvalue weighted by Crippen LogP contribution is -2.45. The maximum atomic E-state index is 12.1. The summed E-state index contributed by atoms with van der Waals surface area (Å²) in [5.41, 5.74) is 2.22. The maximum absolute atomic E-state index is 12.1. The van der Waals surface area contributed by atoms with Crippen molar-refractivity contribution in [3.8, 4) is 0 Å². The molecule has 1 aliphatic heterocycles. The molecule has 128 valence electrons. The smallest absolute Gasteiger partial charge is 0.324 e. The van der Waals surface area contributed by atoms with E-state index in [1.54, 1.807) is 0 Å². The fourth-order valence-corrected chi connectivity index (χ4v) is 3.25. The van der Waals surface area contributed by atoms with Crippen LogP contribution in [-0.2, 0) is 0 Å². The lowest BCUT2D eigenvalue weighted by atomic mass is 10.2. The van der Waals surface area contributed by atoms with E-state index in [4.69, 9.17) is 0 Å². The SMILES string of the molecule is Cc1nc(N2CCN(C)CC2)nc(C)c1NC(=O)Nc1cccs1. The largest absolute Gasteiger partial charge is 0.338 e. The molecule has 3 heterocycles. The first-order valence-electron chi connectivity index (χ1n) is 7.93. The second-order valence-corrected chi connectivity index (χ2v) is 6.86. The molecule has 2 aromatic heterocycles. The van der Waals surface area contributed by atoms with E-state index in [0.29, 0.717) is 5.69 Å². The molecule has 2 amide bonds. The second-order valence-electron chi connectivity index (χ2n) is 5.92. The van der Waals surface area contributed by atoms with Gasteiger partial charge < -0.3 is 15.1 Å². The van der Waals surface area contributed by atoms with E-state index in [9.17, 15) is 4.79 Å². The Labute approximate surface area is 145 Å². The van der Waals surface area contributed by atoms with Gasteiger partial charge in [-0.2, -0.15) is 0 Å². The van der Waals surface area contributed by atoms with Crippen LogP contribution in [-0.4, -0.2) is 54.1 Å². The maximum Gasteiger partial charge on any atom is 0.324 e. The number of thiophene rings is 1. The van der Waals surface area contributed by atoms with Crippen molar-refractivity contribution in [2.24, 2.45) is 0 Å². The van der Waals surface area contributed by atoms with Gasteiger partial charge in [-0.25, -0.2) is 14.8 Å². The van der Waals surface area contributed by atoms with Crippen LogP contribution in [0.5, 0.6) is 0 Å². The average Bonchev–Trinajstić information content (AvgIpc) is 3.04. The summed E-state index contributed by atoms with van der Waals surface area (Å²) >= 11 is 1.48. The van der Waals surface area contributed by atoms with E-state index in [2.05, 4.69) is 37.4 Å². The summed E-state index contributed by atoms with van der Waals surface area (Å²) in [5.74, 6) is 0.738. The Morgan fingerprint density at radius 1 is 1.12 bits per heavy atom. The van der Waals surface area contributed by atoms with Gasteiger partial charge in [0.25, 0.3) is 0 Å². The highest BCUT2D eigenvalue weighted by Crippen LogP contribution is 2.22. The van der Waals surface area contributed by atoms with Gasteiger partial charge >= 0.3 is 6.03 Å². The summed E-state index contributed by atoms with van der Waals surface area (Å²) in [5, 5.41) is 8.38. The Kier molecular flexibility index (Phi) is 4.96. The van der Waals surface area contributed by atoms with E-state index < -0.39 is 0 Å². The first kappa shape index (κ1) is 16.7. The van der Waals surface area contributed by atoms with E-state index in [1.807, 2.05) is 31.4 Å². The van der Waals surface area contributed by atoms with Gasteiger partial charge in [0.05, 0.1) is 22.1 Å². The monoisotopic (exact) mass is 346 g/mol. The summed E-state index contributed by atoms with van der Waals surface area (Å²) < 4.78 is 0. The third-order valence-corrected chi connectivity index (χ3v) is 4.83. The molecule has 1 fully saturated rings. The van der Waals surface area contributed by atoms with Crippen LogP contribution in [0.2, 0.25) is 0 Å². The molecule has 8 heteroatoms. The molecule has 0 radical (unpaired) electrons. The number of urea groups is 1. The van der Waals surface area contributed by atoms with Crippen molar-refractivity contribution >= 4 is 34.0 Å². The van der Waals surface area contributed by atoms with Gasteiger partial charge in [-0.05, 0) is 38.4 Å². The zero-order valence-corrected chi connectivity index (χ0v) is 15.0. The Bertz CT molecular complexity index is 686. The third kappa shape index (κ3) is 3.82. The van der Waals surface area contributed by atoms with Crippen LogP contribution in [0.4, 0.5) is 21.4 Å². The van der Waals surface area contributed by atoms with Crippen LogP contribution in [0.1, 0.15) is 11.4 Å². The van der Waals surface area contributed by atoms with E-state index in [0.717, 1.165) is 48.5 Å². The Morgan fingerprint density at radius 3 is 2.38 bits per heavy atom. The molecule has 0 spiro atoms. The molecule has 3 rings (SSSR count). The number of nitrogens with one attached hydrogen (secondary N) is 2. The fraction of sp³-hybridized carbons (Fsp3) is 0.438. The third-order valence-electron chi connectivity index (χ3n) is 4.04. The van der Waals surface area contributed by atoms with Crippen LogP contribution >= 0.6 is 11.3 Å². The first-order chi connectivity index (χ1) is 11.5. The quantitative estimate of drug-likeness (QED) is 0.893. The number of hydrogen-bond donors (Lipinski definition) is 2. The number of nitrogens with zero attached hydrogens (tertiary/aromatic N) is 4. The number of aromatic nitrogens is 2. The summed E-state index contributed by atoms with van der Waals surface area (Å²) in [4.78, 5) is 25.8. The fourth-order valence-electron chi connectivity index (χ4n) is 2.63. The Hall–Kier alpha value is -2.19. The molecule has 2 N–H and O–H groups in total. The van der Waals surface area contributed by atoms with Gasteiger partial charge in [-0.15, -0.1) is 11.3 Å². The van der Waals surface area contributed by atoms with Gasteiger partial charge in [-0.1, -0.05) is 0 Å². The molecule has 1 saturated heterocycles. The van der Waals surface area contributed by atoms with Crippen molar-refractivity contribution in [1.29, 1.82) is 0 Å². The number of rotatable bonds is 3. The number of carbonyl (C=O) groups is 1. The van der Waals surface area contributed by atoms with Crippen LogP contribution in [0.25, 0.3) is 0 Å². The molecule has 0 unspecified atom stereocenters. The minimum atomic E-state index is -0.278. The zero-order chi connectivity index (χ0) is 17.1. The Morgan fingerprint density at radius 2 is 1.79 bits per heavy atom. The number of aryl methyl sites for hydroxylation is 2. The van der Waals surface area contributed by atoms with Crippen molar-refractivity contribution in [2.45, 2.75) is 13.8 Å². The normalized spacial score (nSPS) is 15.4. The molecule has 0 aromatic carbocycles. The van der Waals surface area contributed by atoms with Gasteiger partial charge in [0.1, 0.15) is 0 Å². The molecular weight excluding hydrogens is 324 g/mol. The van der Waals surface area contributed by atoms with Crippen LogP contribution in [0.3, 0.4) is 0 Å². The highest BCUT2D eigenvalue weighted by atomic mass is 32.1. The summed E-state index contributed by atoms with van der Waals surface area (Å²) in [6.45, 7) is 7.64. The number of amides is 2. The predicted molar refractivity (Wildman–Crippen MR) is 98.2 cm³/mol. The van der Waals surface area contributed by atoms with E-state index >= 15 is 0 Å². The van der Waals surface area contributed by atoms with E-state index in [1.165, 1.54) is 11.3 Å². The highest BCUT2D eigenvalue weighted by molar-refractivity contribution is 7.14. The number of likely N-dealkylation sites (N-methyl/N-ethyl adjacent to an activating group) is 1. The van der Waals surface area contributed by atoms with Crippen LogP contribution < -0.4 is 15.5 Å². The van der Waals surface area contributed by atoms with Crippen molar-refractivity contribution < 1.29 is 4.79 Å². The molecule has 0 bridgehead atoms. The van der Waals surface area contributed by atoms with Crippen LogP contribution in [0.15, 0.2) is 17.5 Å². The van der Waals surface area contributed by atoms with Crippen molar-refractivity contribution in [2.75, 3.05) is 48.8 Å². The summed E-state index contributed by atoms with van der Waals surface area (Å²) in [6, 6.07) is 3.47. The molecule has 24 heavy (non-hydrogen) atoms. The molecular formula is C16H22N6OS. The molecule has 7 nitrogen and oxygen atoms in total. The molecule has 0 saturated carbocycles. The standard InChI is InChI=1S/C16H22N6OS/c1-11-14(20-16(23)19-13-5-4-10-24-13)12(2)18-15(17-11)22-8-6-21(3)7-9-22/h4-5,10H,6-9H2,1-3H3,(H2,19,20,23). The topological polar surface area (TPSA) is 73.4 Å². The Balaban J connectivity index is 1.71. The van der Waals surface area contributed by atoms with E-state index in [-0.39, 0.29) is 6.03 Å². The van der Waals surface area contributed by atoms with Crippen molar-refractivity contribution in [3.05, 3.63) is 28.9 Å². The highest BCUT2D eigenvalue weighted by Gasteiger charge is 2.19. The number of carbonyl (C=O) groups excluding carboxylic acids is 1. The summed E-state index contributed by atoms with van der Waals surface area (Å²) in [6.07, 6.45) is 0. The second kappa shape index (κ2) is 7.14. The zero-order valence-electron chi connectivity index (χ0n) is 14.2. The minimum Gasteiger partial charge on any atom is -0.338 e. The molecule has 0 atom stereocenters. The lowest BCUT2D eigenvalue weighted by molar-refractivity contribution is 0.262. The number of piperazine rings is 1. The average molecular weight is 346 g/mol. The van der Waals surface area contributed by atoms with Gasteiger partial charge in [-0.3, -0.25) is 5.32 Å². The van der Waals surface area contributed by atoms with Crippen molar-refractivity contribution in [3.63, 3.8) is 0 Å². The molecule has 1 aliphatic rings. The predicted octanol–water partition coefficient (Wildman–Crippen LogP) is 2.55. The lowest BCUT2D eigenvalue weighted by Gasteiger charge is -2.32. The molecule has 2 aromatic rings. The first-order valence-corrected chi connectivity index (χ1v) is 8.81. The number of anilines is 3. The van der Waals surface area contributed by atoms with Crippen LogP contribution in [0, 0.1) is 13.8 Å².